The van der Waals surface area contributed by atoms with E-state index in [9.17, 15) is 0 Å². The number of rotatable bonds is 7. The molecule has 0 spiro atoms. The van der Waals surface area contributed by atoms with E-state index in [1.54, 1.807) is 0 Å². The van der Waals surface area contributed by atoms with Crippen molar-refractivity contribution in [3.8, 4) is 33.4 Å². The molecule has 8 aromatic rings. The number of carbonyl (C=O) groups excluding carboxylic acids is 1. The Morgan fingerprint density at radius 3 is 1.51 bits per heavy atom. The molecule has 3 fully saturated rings. The number of benzene rings is 2. The van der Waals surface area contributed by atoms with Crippen molar-refractivity contribution in [2.24, 2.45) is 14.1 Å². The fraction of sp³-hybridized carbons (Fsp3) is 0.481. The van der Waals surface area contributed by atoms with Crippen molar-refractivity contribution in [1.82, 2.24) is 49.8 Å². The SMILES string of the molecule is C.CC.Cc1n[nH]c(C)c1-c1cc(-c2c(C)noc2C)cc2nc(C3CC3)n(C)c12.Cc1n[nH]c(C)c1B1OC(C)(C)C(C)(C)O1.Cc1noc(C)c1-c1cc(I)c2c(c1)nc(C1CC1)n2C.O=CO[O-].[Cs+].[Cs+].[H-]. The maximum absolute atomic E-state index is 8.64. The van der Waals surface area contributed by atoms with Gasteiger partial charge in [0.1, 0.15) is 23.2 Å². The Morgan fingerprint density at radius 1 is 0.699 bits per heavy atom. The van der Waals surface area contributed by atoms with Gasteiger partial charge in [0.15, 0.2) is 0 Å². The van der Waals surface area contributed by atoms with Gasteiger partial charge in [0.05, 0.1) is 56.0 Å². The standard InChI is InChI=1S/C21H23N5O.C16H16IN3O.C11H19BN2O2.C2H6.CH2O3.CH4.2Cs.H/c1-10-18(11(2)24-23-10)16-8-15(19-12(3)25-27-13(19)4)9-17-20(16)26(5)21(22-17)14-6-7-14;1-8-14(9(2)21-19-8)11-6-12(17)15-13(7-11)18-16(20(15)3)10-4-5-10;1-7-9(8(2)14-13-7)12-15-10(3,4)11(5,6)16-12;1-2;2-1-4-3;;;;/h8-9,14H,6-7H2,1-5H3,(H,23,24);6-7,10H,4-5H2,1-3H3;1-6H3,(H,13,14);1-2H3;1,3H;1H4;;;/q;;;;;;2*+1;-1/p-1. The smallest absolute Gasteiger partial charge is 1.00 e. The van der Waals surface area contributed by atoms with Gasteiger partial charge in [0.2, 0.25) is 0 Å². The first-order valence-corrected chi connectivity index (χ1v) is 24.9. The molecule has 7 heterocycles. The number of H-pyrrole nitrogens is 2. The quantitative estimate of drug-likeness (QED) is 0.0736. The number of hydrogen-bond acceptors (Lipinski definition) is 13. The molecule has 2 aromatic carbocycles. The van der Waals surface area contributed by atoms with Crippen LogP contribution < -0.4 is 149 Å². The molecule has 2 saturated carbocycles. The van der Waals surface area contributed by atoms with Gasteiger partial charge in [-0.3, -0.25) is 15.0 Å². The van der Waals surface area contributed by atoms with Crippen LogP contribution in [0.15, 0.2) is 33.3 Å². The van der Waals surface area contributed by atoms with Crippen LogP contribution in [0.1, 0.15) is 145 Å². The molecule has 0 amide bonds. The summed E-state index contributed by atoms with van der Waals surface area (Å²) in [6, 6.07) is 8.77. The Balaban J connectivity index is 0.000000278. The number of halogens is 1. The fourth-order valence-corrected chi connectivity index (χ4v) is 10.2. The third-order valence-corrected chi connectivity index (χ3v) is 14.4. The van der Waals surface area contributed by atoms with Crippen LogP contribution in [0.2, 0.25) is 0 Å². The number of aryl methyl sites for hydroxylation is 10. The van der Waals surface area contributed by atoms with Gasteiger partial charge in [0, 0.05) is 68.6 Å². The van der Waals surface area contributed by atoms with Crippen LogP contribution >= 0.6 is 22.6 Å². The van der Waals surface area contributed by atoms with E-state index in [1.807, 2.05) is 62.3 Å². The van der Waals surface area contributed by atoms with E-state index < -0.39 is 0 Å². The molecule has 2 aliphatic carbocycles. The van der Waals surface area contributed by atoms with Crippen molar-refractivity contribution in [2.45, 2.75) is 153 Å². The second-order valence-electron chi connectivity index (χ2n) is 19.2. The molecule has 17 nitrogen and oxygen atoms in total. The first-order chi connectivity index (χ1) is 33.2. The summed E-state index contributed by atoms with van der Waals surface area (Å²) in [6.07, 6.45) is 4.99. The molecule has 0 atom stereocenters. The Morgan fingerprint density at radius 2 is 1.12 bits per heavy atom. The average Bonchev–Trinajstić information content (AvgIpc) is 4.10. The first kappa shape index (κ1) is 64.0. The van der Waals surface area contributed by atoms with Gasteiger partial charge in [-0.2, -0.15) is 10.2 Å². The van der Waals surface area contributed by atoms with Gasteiger partial charge in [-0.1, -0.05) is 31.6 Å². The third kappa shape index (κ3) is 13.5. The summed E-state index contributed by atoms with van der Waals surface area (Å²) in [7, 11) is 3.94. The molecule has 0 bridgehead atoms. The zero-order chi connectivity index (χ0) is 51.1. The monoisotopic (exact) mass is 1350 g/mol. The number of fused-ring (bicyclic) bond motifs is 2. The average molecular weight is 1350 g/mol. The normalized spacial score (nSPS) is 15.0. The van der Waals surface area contributed by atoms with Crippen LogP contribution in [-0.4, -0.2) is 74.6 Å². The van der Waals surface area contributed by atoms with E-state index in [0.717, 1.165) is 95.6 Å². The van der Waals surface area contributed by atoms with Crippen LogP contribution in [0.4, 0.5) is 0 Å². The van der Waals surface area contributed by atoms with Crippen LogP contribution in [0.3, 0.4) is 0 Å². The Kier molecular flexibility index (Phi) is 23.2. The van der Waals surface area contributed by atoms with Crippen molar-refractivity contribution in [3.63, 3.8) is 0 Å². The number of aromatic nitrogens is 10. The zero-order valence-corrected chi connectivity index (χ0v) is 60.0. The Labute approximate surface area is 562 Å². The van der Waals surface area contributed by atoms with E-state index in [0.29, 0.717) is 11.8 Å². The number of nitrogens with zero attached hydrogens (tertiary/aromatic N) is 8. The second-order valence-corrected chi connectivity index (χ2v) is 20.3. The molecule has 0 unspecified atom stereocenters. The first-order valence-electron chi connectivity index (χ1n) is 23.8. The summed E-state index contributed by atoms with van der Waals surface area (Å²) in [5, 5.41) is 31.3. The molecule has 2 N–H and O–H groups in total. The third-order valence-electron chi connectivity index (χ3n) is 13.6. The van der Waals surface area contributed by atoms with Gasteiger partial charge >= 0.3 is 145 Å². The summed E-state index contributed by atoms with van der Waals surface area (Å²) in [5.74, 6) is 5.34. The van der Waals surface area contributed by atoms with Gasteiger partial charge in [0.25, 0.3) is 6.47 Å². The van der Waals surface area contributed by atoms with Crippen LogP contribution in [0, 0.1) is 59.0 Å². The summed E-state index contributed by atoms with van der Waals surface area (Å²) >= 11 is 2.40. The molecular weight excluding hydrogens is 1280 g/mol. The minimum absolute atomic E-state index is 0. The Hall–Kier alpha value is -1.53. The van der Waals surface area contributed by atoms with Crippen molar-refractivity contribution in [2.75, 3.05) is 0 Å². The largest absolute Gasteiger partial charge is 1.00 e. The van der Waals surface area contributed by atoms with Gasteiger partial charge in [-0.05, 0) is 167 Å². The molecule has 1 saturated heterocycles. The maximum Gasteiger partial charge on any atom is 1.00 e. The van der Waals surface area contributed by atoms with E-state index in [4.69, 9.17) is 38.4 Å². The van der Waals surface area contributed by atoms with Crippen molar-refractivity contribution < 1.29 is 173 Å². The molecule has 1 aliphatic heterocycles. The minimum Gasteiger partial charge on any atom is -1.00 e. The number of nitrogens with one attached hydrogen (secondary N) is 2. The zero-order valence-electron chi connectivity index (χ0n) is 46.3. The van der Waals surface area contributed by atoms with E-state index in [2.05, 4.69) is 140 Å². The summed E-state index contributed by atoms with van der Waals surface area (Å²) in [4.78, 5) is 21.1. The Bertz CT molecular complexity index is 3090. The number of hydrogen-bond donors (Lipinski definition) is 2. The van der Waals surface area contributed by atoms with E-state index >= 15 is 0 Å². The minimum atomic E-state index is -0.316. The van der Waals surface area contributed by atoms with Gasteiger partial charge in [-0.15, -0.1) is 0 Å². The molecule has 11 rings (SSSR count). The summed E-state index contributed by atoms with van der Waals surface area (Å²) in [5.41, 5.74) is 17.5. The molecule has 21 heteroatoms. The van der Waals surface area contributed by atoms with Crippen molar-refractivity contribution >= 4 is 63.7 Å². The van der Waals surface area contributed by atoms with Gasteiger partial charge in [-0.25, -0.2) is 9.97 Å². The van der Waals surface area contributed by atoms with Crippen molar-refractivity contribution in [3.05, 3.63) is 85.2 Å². The summed E-state index contributed by atoms with van der Waals surface area (Å²) < 4.78 is 28.4. The molecule has 73 heavy (non-hydrogen) atoms. The second kappa shape index (κ2) is 26.4. The fourth-order valence-electron chi connectivity index (χ4n) is 9.18. The molecular formula is C52H70BCs2IN10O7. The van der Waals surface area contributed by atoms with Gasteiger partial charge < -0.3 is 39.1 Å². The predicted octanol–water partition coefficient (Wildman–Crippen LogP) is 4.60. The van der Waals surface area contributed by atoms with Crippen LogP contribution in [0.25, 0.3) is 55.4 Å². The molecule has 3 aliphatic rings. The van der Waals surface area contributed by atoms with Crippen molar-refractivity contribution in [1.29, 1.82) is 0 Å². The van der Waals surface area contributed by atoms with Crippen LogP contribution in [-0.2, 0) is 33.1 Å². The molecule has 6 aromatic heterocycles. The topological polar surface area (TPSA) is 213 Å². The molecule has 0 radical (unpaired) electrons. The number of aromatic amines is 2. The van der Waals surface area contributed by atoms with E-state index in [-0.39, 0.29) is 171 Å². The predicted molar refractivity (Wildman–Crippen MR) is 285 cm³/mol. The van der Waals surface area contributed by atoms with E-state index in [1.165, 1.54) is 51.9 Å². The maximum atomic E-state index is 8.64. The van der Waals surface area contributed by atoms with Crippen LogP contribution in [0.5, 0.6) is 0 Å². The number of imidazole rings is 2. The number of carbonyl (C=O) groups is 1. The molecule has 382 valence electrons. The summed E-state index contributed by atoms with van der Waals surface area (Å²) in [6.45, 7) is 28.0.